The number of likely N-dealkylation sites (tertiary alicyclic amines) is 1. The molecular formula is C20H24N2O2S2. The van der Waals surface area contributed by atoms with Crippen molar-refractivity contribution >= 4 is 39.6 Å². The Hall–Kier alpha value is -1.92. The van der Waals surface area contributed by atoms with Gasteiger partial charge in [-0.15, -0.1) is 11.3 Å². The molecule has 1 aliphatic heterocycles. The van der Waals surface area contributed by atoms with E-state index in [9.17, 15) is 4.79 Å². The van der Waals surface area contributed by atoms with Gasteiger partial charge in [0.1, 0.15) is 5.00 Å². The number of esters is 1. The predicted molar refractivity (Wildman–Crippen MR) is 112 cm³/mol. The van der Waals surface area contributed by atoms with Crippen LogP contribution in [0.25, 0.3) is 10.4 Å². The molecule has 138 valence electrons. The Morgan fingerprint density at radius 3 is 2.81 bits per heavy atom. The van der Waals surface area contributed by atoms with Crippen LogP contribution in [0.3, 0.4) is 0 Å². The maximum atomic E-state index is 12.2. The molecule has 0 spiro atoms. The molecule has 3 rings (SSSR count). The van der Waals surface area contributed by atoms with Crippen LogP contribution in [-0.4, -0.2) is 35.7 Å². The highest BCUT2D eigenvalue weighted by molar-refractivity contribution is 7.80. The van der Waals surface area contributed by atoms with Gasteiger partial charge in [-0.3, -0.25) is 0 Å². The lowest BCUT2D eigenvalue weighted by Crippen LogP contribution is -2.45. The Bertz CT molecular complexity index is 773. The van der Waals surface area contributed by atoms with Gasteiger partial charge in [-0.2, -0.15) is 0 Å². The standard InChI is InChI=1S/C20H24N2O2S2/c1-3-15-11-7-8-12-22(15)20(25)21-18-16(19(23)24-2)13-17(26-18)14-9-5-4-6-10-14/h4-6,9-10,13,15H,3,7-8,11-12H2,1-2H3,(H,21,25)/t15-/m1/s1. The van der Waals surface area contributed by atoms with Crippen LogP contribution < -0.4 is 5.32 Å². The second-order valence-corrected chi connectivity index (χ2v) is 7.83. The first kappa shape index (κ1) is 18.9. The number of piperidine rings is 1. The number of hydrogen-bond acceptors (Lipinski definition) is 4. The molecule has 1 fully saturated rings. The van der Waals surface area contributed by atoms with Crippen LogP contribution in [0.1, 0.15) is 43.0 Å². The number of carbonyl (C=O) groups excluding carboxylic acids is 1. The third-order valence-corrected chi connectivity index (χ3v) is 6.21. The molecule has 1 aromatic carbocycles. The number of benzene rings is 1. The number of anilines is 1. The number of methoxy groups -OCH3 is 1. The fourth-order valence-electron chi connectivity index (χ4n) is 3.35. The van der Waals surface area contributed by atoms with Crippen molar-refractivity contribution in [1.29, 1.82) is 0 Å². The van der Waals surface area contributed by atoms with Crippen molar-refractivity contribution in [3.63, 3.8) is 0 Å². The number of thiophene rings is 1. The lowest BCUT2D eigenvalue weighted by Gasteiger charge is -2.37. The Balaban J connectivity index is 1.87. The van der Waals surface area contributed by atoms with Gasteiger partial charge in [0.2, 0.25) is 0 Å². The quantitative estimate of drug-likeness (QED) is 0.578. The summed E-state index contributed by atoms with van der Waals surface area (Å²) in [6, 6.07) is 12.4. The summed E-state index contributed by atoms with van der Waals surface area (Å²) in [6.07, 6.45) is 4.65. The first-order chi connectivity index (χ1) is 12.6. The second kappa shape index (κ2) is 8.64. The molecule has 26 heavy (non-hydrogen) atoms. The lowest BCUT2D eigenvalue weighted by molar-refractivity contribution is 0.0602. The molecule has 1 aliphatic rings. The van der Waals surface area contributed by atoms with Crippen molar-refractivity contribution in [2.75, 3.05) is 19.0 Å². The fraction of sp³-hybridized carbons (Fsp3) is 0.400. The van der Waals surface area contributed by atoms with Gasteiger partial charge in [0.25, 0.3) is 0 Å². The summed E-state index contributed by atoms with van der Waals surface area (Å²) in [7, 11) is 1.40. The van der Waals surface area contributed by atoms with Crippen molar-refractivity contribution in [3.05, 3.63) is 42.0 Å². The molecule has 6 heteroatoms. The van der Waals surface area contributed by atoms with E-state index in [4.69, 9.17) is 17.0 Å². The van der Waals surface area contributed by atoms with Crippen LogP contribution in [0.5, 0.6) is 0 Å². The molecule has 2 aromatic rings. The maximum absolute atomic E-state index is 12.2. The molecule has 0 radical (unpaired) electrons. The third kappa shape index (κ3) is 4.07. The van der Waals surface area contributed by atoms with Crippen LogP contribution in [-0.2, 0) is 4.74 Å². The summed E-state index contributed by atoms with van der Waals surface area (Å²) >= 11 is 7.21. The normalized spacial score (nSPS) is 17.0. The molecule has 2 heterocycles. The van der Waals surface area contributed by atoms with Gasteiger partial charge in [0, 0.05) is 17.5 Å². The summed E-state index contributed by atoms with van der Waals surface area (Å²) in [5.41, 5.74) is 1.61. The average Bonchev–Trinajstić information content (AvgIpc) is 3.11. The zero-order valence-corrected chi connectivity index (χ0v) is 16.8. The van der Waals surface area contributed by atoms with Gasteiger partial charge in [-0.1, -0.05) is 37.3 Å². The fourth-order valence-corrected chi connectivity index (χ4v) is 4.81. The topological polar surface area (TPSA) is 41.6 Å². The Morgan fingerprint density at radius 1 is 1.35 bits per heavy atom. The molecule has 1 aromatic heterocycles. The first-order valence-corrected chi connectivity index (χ1v) is 10.2. The number of rotatable bonds is 4. The molecular weight excluding hydrogens is 364 g/mol. The Kier molecular flexibility index (Phi) is 6.27. The highest BCUT2D eigenvalue weighted by Gasteiger charge is 2.25. The van der Waals surface area contributed by atoms with Crippen molar-refractivity contribution in [1.82, 2.24) is 4.90 Å². The SMILES string of the molecule is CC[C@@H]1CCCCN1C(=S)Nc1sc(-c2ccccc2)cc1C(=O)OC. The molecule has 0 aliphatic carbocycles. The Morgan fingerprint density at radius 2 is 2.12 bits per heavy atom. The van der Waals surface area contributed by atoms with E-state index in [0.29, 0.717) is 16.7 Å². The third-order valence-electron chi connectivity index (χ3n) is 4.78. The van der Waals surface area contributed by atoms with Crippen molar-refractivity contribution in [2.24, 2.45) is 0 Å². The molecule has 0 amide bonds. The van der Waals surface area contributed by atoms with Crippen molar-refractivity contribution < 1.29 is 9.53 Å². The van der Waals surface area contributed by atoms with Crippen LogP contribution >= 0.6 is 23.6 Å². The maximum Gasteiger partial charge on any atom is 0.340 e. The zero-order chi connectivity index (χ0) is 18.5. The number of hydrogen-bond donors (Lipinski definition) is 1. The highest BCUT2D eigenvalue weighted by atomic mass is 32.1. The van der Waals surface area contributed by atoms with E-state index in [2.05, 4.69) is 17.1 Å². The van der Waals surface area contributed by atoms with E-state index < -0.39 is 0 Å². The molecule has 1 N–H and O–H groups in total. The van der Waals surface area contributed by atoms with E-state index in [1.807, 2.05) is 36.4 Å². The summed E-state index contributed by atoms with van der Waals surface area (Å²) in [5.74, 6) is -0.348. The summed E-state index contributed by atoms with van der Waals surface area (Å²) in [4.78, 5) is 15.5. The van der Waals surface area contributed by atoms with Gasteiger partial charge in [-0.05, 0) is 49.5 Å². The summed E-state index contributed by atoms with van der Waals surface area (Å²) in [5, 5.41) is 4.77. The highest BCUT2D eigenvalue weighted by Crippen LogP contribution is 2.36. The number of ether oxygens (including phenoxy) is 1. The van der Waals surface area contributed by atoms with Crippen LogP contribution in [0.15, 0.2) is 36.4 Å². The largest absolute Gasteiger partial charge is 0.465 e. The minimum Gasteiger partial charge on any atom is -0.465 e. The minimum absolute atomic E-state index is 0.348. The predicted octanol–water partition coefficient (Wildman–Crippen LogP) is 5.16. The van der Waals surface area contributed by atoms with E-state index >= 15 is 0 Å². The lowest BCUT2D eigenvalue weighted by atomic mass is 10.0. The summed E-state index contributed by atoms with van der Waals surface area (Å²) < 4.78 is 4.97. The molecule has 1 atom stereocenters. The van der Waals surface area contributed by atoms with E-state index in [0.717, 1.165) is 34.8 Å². The minimum atomic E-state index is -0.348. The molecule has 0 bridgehead atoms. The van der Waals surface area contributed by atoms with E-state index in [1.165, 1.54) is 31.3 Å². The molecule has 0 saturated carbocycles. The Labute approximate surface area is 164 Å². The number of carbonyl (C=O) groups is 1. The van der Waals surface area contributed by atoms with Gasteiger partial charge >= 0.3 is 5.97 Å². The number of nitrogens with one attached hydrogen (secondary N) is 1. The summed E-state index contributed by atoms with van der Waals surface area (Å²) in [6.45, 7) is 3.17. The monoisotopic (exact) mass is 388 g/mol. The average molecular weight is 389 g/mol. The van der Waals surface area contributed by atoms with Crippen molar-refractivity contribution in [3.8, 4) is 10.4 Å². The molecule has 0 unspecified atom stereocenters. The van der Waals surface area contributed by atoms with Crippen LogP contribution in [0, 0.1) is 0 Å². The van der Waals surface area contributed by atoms with Gasteiger partial charge in [-0.25, -0.2) is 4.79 Å². The zero-order valence-electron chi connectivity index (χ0n) is 15.2. The number of thiocarbonyl (C=S) groups is 1. The van der Waals surface area contributed by atoms with Crippen molar-refractivity contribution in [2.45, 2.75) is 38.6 Å². The number of nitrogens with zero attached hydrogens (tertiary/aromatic N) is 1. The van der Waals surface area contributed by atoms with Gasteiger partial charge in [0.05, 0.1) is 12.7 Å². The molecule has 1 saturated heterocycles. The first-order valence-electron chi connectivity index (χ1n) is 8.99. The van der Waals surface area contributed by atoms with Gasteiger partial charge in [0.15, 0.2) is 5.11 Å². The smallest absolute Gasteiger partial charge is 0.340 e. The molecule has 4 nitrogen and oxygen atoms in total. The van der Waals surface area contributed by atoms with Gasteiger partial charge < -0.3 is 15.0 Å². The van der Waals surface area contributed by atoms with Crippen LogP contribution in [0.4, 0.5) is 5.00 Å². The van der Waals surface area contributed by atoms with E-state index in [-0.39, 0.29) is 5.97 Å². The van der Waals surface area contributed by atoms with E-state index in [1.54, 1.807) is 0 Å². The van der Waals surface area contributed by atoms with Crippen LogP contribution in [0.2, 0.25) is 0 Å². The second-order valence-electron chi connectivity index (χ2n) is 6.39.